The zero-order chi connectivity index (χ0) is 18.0. The Hall–Kier alpha value is -1.06. The molecule has 0 bridgehead atoms. The van der Waals surface area contributed by atoms with Gasteiger partial charge in [-0.05, 0) is 12.8 Å². The van der Waals surface area contributed by atoms with E-state index in [0.717, 1.165) is 25.7 Å². The summed E-state index contributed by atoms with van der Waals surface area (Å²) in [5, 5.41) is 0. The first kappa shape index (κ1) is 22.9. The molecule has 0 aliphatic carbocycles. The van der Waals surface area contributed by atoms with E-state index < -0.39 is 0 Å². The van der Waals surface area contributed by atoms with Crippen molar-refractivity contribution >= 4 is 11.9 Å². The van der Waals surface area contributed by atoms with Gasteiger partial charge in [0.15, 0.2) is 0 Å². The number of hydrogen-bond donors (Lipinski definition) is 0. The Morgan fingerprint density at radius 2 is 1.29 bits per heavy atom. The van der Waals surface area contributed by atoms with Crippen molar-refractivity contribution in [3.8, 4) is 0 Å². The van der Waals surface area contributed by atoms with Crippen LogP contribution in [0.2, 0.25) is 0 Å². The van der Waals surface area contributed by atoms with E-state index in [4.69, 9.17) is 4.74 Å². The number of nitrogens with zero attached hydrogens (tertiary/aromatic N) is 1. The molecule has 0 spiro atoms. The van der Waals surface area contributed by atoms with E-state index in [0.29, 0.717) is 26.0 Å². The fourth-order valence-corrected chi connectivity index (χ4v) is 2.56. The summed E-state index contributed by atoms with van der Waals surface area (Å²) in [6.45, 7) is 5.25. The molecule has 0 aromatic rings. The van der Waals surface area contributed by atoms with Gasteiger partial charge in [0.2, 0.25) is 5.91 Å². The number of rotatable bonds is 16. The molecule has 142 valence electrons. The van der Waals surface area contributed by atoms with Crippen molar-refractivity contribution in [1.29, 1.82) is 0 Å². The average molecular weight is 342 g/mol. The van der Waals surface area contributed by atoms with Crippen LogP contribution in [0.25, 0.3) is 0 Å². The fraction of sp³-hybridized carbons (Fsp3) is 0.900. The first-order valence-electron chi connectivity index (χ1n) is 10.0. The molecule has 0 radical (unpaired) electrons. The van der Waals surface area contributed by atoms with Gasteiger partial charge in [-0.2, -0.15) is 0 Å². The van der Waals surface area contributed by atoms with Crippen LogP contribution < -0.4 is 0 Å². The monoisotopic (exact) mass is 341 g/mol. The van der Waals surface area contributed by atoms with Crippen LogP contribution in [0.1, 0.15) is 97.3 Å². The van der Waals surface area contributed by atoms with Crippen LogP contribution in [-0.4, -0.2) is 37.0 Å². The third kappa shape index (κ3) is 14.5. The number of ether oxygens (including phenoxy) is 1. The van der Waals surface area contributed by atoms with Gasteiger partial charge in [0.1, 0.15) is 0 Å². The maximum absolute atomic E-state index is 12.0. The van der Waals surface area contributed by atoms with E-state index in [1.165, 1.54) is 44.9 Å². The minimum Gasteiger partial charge on any atom is -0.466 e. The van der Waals surface area contributed by atoms with Gasteiger partial charge in [-0.15, -0.1) is 0 Å². The molecule has 0 aromatic carbocycles. The smallest absolute Gasteiger partial charge is 0.307 e. The molecule has 0 aromatic heterocycles. The van der Waals surface area contributed by atoms with Crippen molar-refractivity contribution in [3.63, 3.8) is 0 Å². The molecule has 24 heavy (non-hydrogen) atoms. The van der Waals surface area contributed by atoms with Crippen molar-refractivity contribution in [2.75, 3.05) is 20.2 Å². The molecule has 0 saturated heterocycles. The van der Waals surface area contributed by atoms with Crippen LogP contribution in [0.3, 0.4) is 0 Å². The lowest BCUT2D eigenvalue weighted by Gasteiger charge is -2.16. The third-order valence-corrected chi connectivity index (χ3v) is 4.33. The van der Waals surface area contributed by atoms with Gasteiger partial charge in [0.05, 0.1) is 13.0 Å². The minimum atomic E-state index is -0.203. The van der Waals surface area contributed by atoms with Gasteiger partial charge < -0.3 is 9.64 Å². The van der Waals surface area contributed by atoms with Crippen molar-refractivity contribution in [3.05, 3.63) is 0 Å². The summed E-state index contributed by atoms with van der Waals surface area (Å²) >= 11 is 0. The van der Waals surface area contributed by atoms with E-state index in [2.05, 4.69) is 13.8 Å². The second kappa shape index (κ2) is 16.8. The van der Waals surface area contributed by atoms with E-state index in [1.807, 2.05) is 0 Å². The van der Waals surface area contributed by atoms with Gasteiger partial charge in [-0.25, -0.2) is 0 Å². The summed E-state index contributed by atoms with van der Waals surface area (Å²) < 4.78 is 5.10. The van der Waals surface area contributed by atoms with E-state index in [-0.39, 0.29) is 11.9 Å². The predicted molar refractivity (Wildman–Crippen MR) is 100.0 cm³/mol. The SMILES string of the molecule is CCCCCCCCCCCC(=O)N(C)CCC(=O)OCCCC. The Kier molecular flexibility index (Phi) is 16.0. The second-order valence-corrected chi connectivity index (χ2v) is 6.72. The van der Waals surface area contributed by atoms with Crippen LogP contribution in [0.4, 0.5) is 0 Å². The van der Waals surface area contributed by atoms with Crippen molar-refractivity contribution in [2.24, 2.45) is 0 Å². The molecule has 0 heterocycles. The zero-order valence-electron chi connectivity index (χ0n) is 16.3. The highest BCUT2D eigenvalue weighted by Gasteiger charge is 2.11. The third-order valence-electron chi connectivity index (χ3n) is 4.33. The Balaban J connectivity index is 3.50. The second-order valence-electron chi connectivity index (χ2n) is 6.72. The van der Waals surface area contributed by atoms with Crippen molar-refractivity contribution in [1.82, 2.24) is 4.90 Å². The molecule has 0 aliphatic rings. The molecule has 4 nitrogen and oxygen atoms in total. The van der Waals surface area contributed by atoms with Gasteiger partial charge in [-0.3, -0.25) is 9.59 Å². The summed E-state index contributed by atoms with van der Waals surface area (Å²) in [5.74, 6) is -0.0644. The number of carbonyl (C=O) groups excluding carboxylic acids is 2. The Morgan fingerprint density at radius 3 is 1.88 bits per heavy atom. The van der Waals surface area contributed by atoms with Gasteiger partial charge in [-0.1, -0.05) is 71.6 Å². The molecule has 0 atom stereocenters. The highest BCUT2D eigenvalue weighted by Crippen LogP contribution is 2.11. The van der Waals surface area contributed by atoms with Crippen LogP contribution in [-0.2, 0) is 14.3 Å². The molecule has 4 heteroatoms. The van der Waals surface area contributed by atoms with Crippen LogP contribution in [0.5, 0.6) is 0 Å². The maximum Gasteiger partial charge on any atom is 0.307 e. The first-order chi connectivity index (χ1) is 11.6. The lowest BCUT2D eigenvalue weighted by atomic mass is 10.1. The quantitative estimate of drug-likeness (QED) is 0.290. The molecular formula is C20H39NO3. The minimum absolute atomic E-state index is 0.138. The predicted octanol–water partition coefficient (Wildman–Crippen LogP) is 5.10. The summed E-state index contributed by atoms with van der Waals surface area (Å²) in [6, 6.07) is 0. The Bertz CT molecular complexity index is 318. The number of esters is 1. The zero-order valence-corrected chi connectivity index (χ0v) is 16.3. The summed E-state index contributed by atoms with van der Waals surface area (Å²) in [4.78, 5) is 25.2. The summed E-state index contributed by atoms with van der Waals surface area (Å²) in [6.07, 6.45) is 14.1. The summed E-state index contributed by atoms with van der Waals surface area (Å²) in [5.41, 5.74) is 0. The molecule has 0 aliphatic heterocycles. The fourth-order valence-electron chi connectivity index (χ4n) is 2.56. The molecule has 0 rings (SSSR count). The topological polar surface area (TPSA) is 46.6 Å². The molecular weight excluding hydrogens is 302 g/mol. The molecule has 0 fully saturated rings. The summed E-state index contributed by atoms with van der Waals surface area (Å²) in [7, 11) is 1.77. The van der Waals surface area contributed by atoms with Crippen LogP contribution in [0.15, 0.2) is 0 Å². The van der Waals surface area contributed by atoms with Crippen LogP contribution in [0, 0.1) is 0 Å². The van der Waals surface area contributed by atoms with Crippen molar-refractivity contribution < 1.29 is 14.3 Å². The maximum atomic E-state index is 12.0. The number of amides is 1. The van der Waals surface area contributed by atoms with E-state index >= 15 is 0 Å². The molecule has 1 amide bonds. The Morgan fingerprint density at radius 1 is 0.750 bits per heavy atom. The number of unbranched alkanes of at least 4 members (excludes halogenated alkanes) is 9. The van der Waals surface area contributed by atoms with Gasteiger partial charge in [0.25, 0.3) is 0 Å². The highest BCUT2D eigenvalue weighted by atomic mass is 16.5. The van der Waals surface area contributed by atoms with Gasteiger partial charge >= 0.3 is 5.97 Å². The van der Waals surface area contributed by atoms with E-state index in [1.54, 1.807) is 11.9 Å². The molecule has 0 saturated carbocycles. The normalized spacial score (nSPS) is 10.6. The lowest BCUT2D eigenvalue weighted by Crippen LogP contribution is -2.29. The first-order valence-corrected chi connectivity index (χ1v) is 10.0. The highest BCUT2D eigenvalue weighted by molar-refractivity contribution is 5.77. The molecule has 0 unspecified atom stereocenters. The Labute approximate surface area is 149 Å². The molecule has 0 N–H and O–H groups in total. The largest absolute Gasteiger partial charge is 0.466 e. The average Bonchev–Trinajstić information content (AvgIpc) is 2.58. The standard InChI is InChI=1S/C20H39NO3/c1-4-6-8-9-10-11-12-13-14-15-19(22)21(3)17-16-20(23)24-18-7-5-2/h4-18H2,1-3H3. The van der Waals surface area contributed by atoms with Crippen LogP contribution >= 0.6 is 0 Å². The number of carbonyl (C=O) groups is 2. The number of hydrogen-bond acceptors (Lipinski definition) is 3. The van der Waals surface area contributed by atoms with Gasteiger partial charge in [0, 0.05) is 20.0 Å². The van der Waals surface area contributed by atoms with Crippen molar-refractivity contribution in [2.45, 2.75) is 97.3 Å². The van der Waals surface area contributed by atoms with E-state index in [9.17, 15) is 9.59 Å². The lowest BCUT2D eigenvalue weighted by molar-refractivity contribution is -0.144.